The van der Waals surface area contributed by atoms with E-state index in [1.54, 1.807) is 0 Å². The van der Waals surface area contributed by atoms with Gasteiger partial charge in [-0.1, -0.05) is 6.42 Å². The highest BCUT2D eigenvalue weighted by molar-refractivity contribution is 5.40. The molecule has 16 heavy (non-hydrogen) atoms. The number of nitrogen functional groups attached to an aromatic ring is 1. The van der Waals surface area contributed by atoms with E-state index in [2.05, 4.69) is 15.3 Å². The first-order valence-electron chi connectivity index (χ1n) is 5.59. The molecular weight excluding hydrogens is 204 g/mol. The van der Waals surface area contributed by atoms with Crippen LogP contribution in [0.15, 0.2) is 6.07 Å². The highest BCUT2D eigenvalue weighted by Crippen LogP contribution is 2.40. The van der Waals surface area contributed by atoms with Gasteiger partial charge in [0.2, 0.25) is 5.95 Å². The van der Waals surface area contributed by atoms with Crippen molar-refractivity contribution in [2.45, 2.75) is 26.2 Å². The lowest BCUT2D eigenvalue weighted by Gasteiger charge is -2.40. The Hall–Kier alpha value is -1.36. The maximum atomic E-state index is 9.33. The predicted octanol–water partition coefficient (Wildman–Crippen LogP) is 0.942. The summed E-state index contributed by atoms with van der Waals surface area (Å²) in [7, 11) is 0. The summed E-state index contributed by atoms with van der Waals surface area (Å²) in [4.78, 5) is 8.11. The summed E-state index contributed by atoms with van der Waals surface area (Å²) in [6.45, 7) is 2.87. The molecule has 0 bridgehead atoms. The normalized spacial score (nSPS) is 17.9. The number of nitrogens with two attached hydrogens (primary N) is 1. The summed E-state index contributed by atoms with van der Waals surface area (Å²) >= 11 is 0. The average Bonchev–Trinajstić information content (AvgIpc) is 2.15. The molecule has 1 aromatic heterocycles. The van der Waals surface area contributed by atoms with Crippen molar-refractivity contribution in [1.29, 1.82) is 0 Å². The molecular formula is C11H18N4O. The van der Waals surface area contributed by atoms with Gasteiger partial charge < -0.3 is 16.2 Å². The number of aliphatic hydroxyl groups is 1. The van der Waals surface area contributed by atoms with Gasteiger partial charge in [0, 0.05) is 23.7 Å². The molecule has 1 heterocycles. The van der Waals surface area contributed by atoms with Crippen molar-refractivity contribution in [2.24, 2.45) is 5.41 Å². The number of aryl methyl sites for hydroxylation is 1. The van der Waals surface area contributed by atoms with Gasteiger partial charge in [-0.25, -0.2) is 4.98 Å². The van der Waals surface area contributed by atoms with Crippen LogP contribution < -0.4 is 11.1 Å². The molecule has 0 amide bonds. The van der Waals surface area contributed by atoms with Gasteiger partial charge in [0.1, 0.15) is 5.82 Å². The molecule has 0 spiro atoms. The number of nitrogens with one attached hydrogen (secondary N) is 1. The highest BCUT2D eigenvalue weighted by Gasteiger charge is 2.36. The van der Waals surface area contributed by atoms with Crippen LogP contribution >= 0.6 is 0 Å². The van der Waals surface area contributed by atoms with Crippen molar-refractivity contribution in [2.75, 3.05) is 24.2 Å². The van der Waals surface area contributed by atoms with Crippen molar-refractivity contribution >= 4 is 11.8 Å². The van der Waals surface area contributed by atoms with Crippen LogP contribution in [-0.2, 0) is 0 Å². The SMILES string of the molecule is Cc1cc(NCC2(CO)CCC2)nc(N)n1. The minimum atomic E-state index is 0.0492. The quantitative estimate of drug-likeness (QED) is 0.706. The van der Waals surface area contributed by atoms with E-state index in [1.807, 2.05) is 13.0 Å². The maximum absolute atomic E-state index is 9.33. The Morgan fingerprint density at radius 1 is 1.50 bits per heavy atom. The molecule has 0 saturated heterocycles. The van der Waals surface area contributed by atoms with Crippen molar-refractivity contribution in [1.82, 2.24) is 9.97 Å². The zero-order valence-corrected chi connectivity index (χ0v) is 9.53. The van der Waals surface area contributed by atoms with Gasteiger partial charge in [-0.05, 0) is 19.8 Å². The fourth-order valence-corrected chi connectivity index (χ4v) is 2.03. The molecule has 88 valence electrons. The third-order valence-electron chi connectivity index (χ3n) is 3.27. The standard InChI is InChI=1S/C11H18N4O/c1-8-5-9(15-10(12)14-8)13-6-11(7-16)3-2-4-11/h5,16H,2-4,6-7H2,1H3,(H3,12,13,14,15). The molecule has 1 saturated carbocycles. The lowest BCUT2D eigenvalue weighted by Crippen LogP contribution is -2.40. The van der Waals surface area contributed by atoms with E-state index in [-0.39, 0.29) is 18.0 Å². The number of hydrogen-bond acceptors (Lipinski definition) is 5. The van der Waals surface area contributed by atoms with E-state index in [0.29, 0.717) is 0 Å². The lowest BCUT2D eigenvalue weighted by atomic mass is 9.69. The predicted molar refractivity (Wildman–Crippen MR) is 63.0 cm³/mol. The van der Waals surface area contributed by atoms with Crippen LogP contribution in [0.25, 0.3) is 0 Å². The van der Waals surface area contributed by atoms with Crippen LogP contribution in [0.3, 0.4) is 0 Å². The van der Waals surface area contributed by atoms with Crippen molar-refractivity contribution in [3.8, 4) is 0 Å². The summed E-state index contributed by atoms with van der Waals surface area (Å²) in [6.07, 6.45) is 3.36. The molecule has 1 aliphatic rings. The molecule has 0 radical (unpaired) electrons. The third-order valence-corrected chi connectivity index (χ3v) is 3.27. The van der Waals surface area contributed by atoms with Crippen LogP contribution in [0.2, 0.25) is 0 Å². The molecule has 2 rings (SSSR count). The van der Waals surface area contributed by atoms with Gasteiger partial charge in [-0.15, -0.1) is 0 Å². The monoisotopic (exact) mass is 222 g/mol. The van der Waals surface area contributed by atoms with E-state index in [4.69, 9.17) is 5.73 Å². The Kier molecular flexibility index (Phi) is 2.96. The minimum Gasteiger partial charge on any atom is -0.396 e. The van der Waals surface area contributed by atoms with Crippen molar-refractivity contribution < 1.29 is 5.11 Å². The Labute approximate surface area is 95.1 Å². The number of hydrogen-bond donors (Lipinski definition) is 3. The smallest absolute Gasteiger partial charge is 0.222 e. The molecule has 0 atom stereocenters. The first kappa shape index (κ1) is 11.1. The summed E-state index contributed by atoms with van der Waals surface area (Å²) in [6, 6.07) is 1.86. The second kappa shape index (κ2) is 4.25. The van der Waals surface area contributed by atoms with Crippen LogP contribution in [0.1, 0.15) is 25.0 Å². The Morgan fingerprint density at radius 2 is 2.25 bits per heavy atom. The average molecular weight is 222 g/mol. The summed E-state index contributed by atoms with van der Waals surface area (Å²) < 4.78 is 0. The Bertz CT molecular complexity index is 350. The second-order valence-electron chi connectivity index (χ2n) is 4.62. The Morgan fingerprint density at radius 3 is 2.75 bits per heavy atom. The molecule has 4 N–H and O–H groups in total. The molecule has 5 heteroatoms. The molecule has 1 fully saturated rings. The molecule has 5 nitrogen and oxygen atoms in total. The van der Waals surface area contributed by atoms with Crippen molar-refractivity contribution in [3.05, 3.63) is 11.8 Å². The third kappa shape index (κ3) is 2.24. The topological polar surface area (TPSA) is 84.1 Å². The molecule has 0 unspecified atom stereocenters. The fourth-order valence-electron chi connectivity index (χ4n) is 2.03. The van der Waals surface area contributed by atoms with Gasteiger partial charge in [0.05, 0.1) is 6.61 Å². The van der Waals surface area contributed by atoms with Crippen LogP contribution in [0.4, 0.5) is 11.8 Å². The Balaban J connectivity index is 1.98. The number of nitrogens with zero attached hydrogens (tertiary/aromatic N) is 2. The zero-order chi connectivity index (χ0) is 11.6. The van der Waals surface area contributed by atoms with E-state index >= 15 is 0 Å². The first-order valence-corrected chi connectivity index (χ1v) is 5.59. The van der Waals surface area contributed by atoms with Gasteiger partial charge in [-0.2, -0.15) is 4.98 Å². The molecule has 1 aromatic rings. The van der Waals surface area contributed by atoms with Gasteiger partial charge >= 0.3 is 0 Å². The van der Waals surface area contributed by atoms with Crippen LogP contribution in [0.5, 0.6) is 0 Å². The maximum Gasteiger partial charge on any atom is 0.222 e. The highest BCUT2D eigenvalue weighted by atomic mass is 16.3. The number of anilines is 2. The number of aromatic nitrogens is 2. The van der Waals surface area contributed by atoms with Crippen molar-refractivity contribution in [3.63, 3.8) is 0 Å². The number of rotatable bonds is 4. The fraction of sp³-hybridized carbons (Fsp3) is 0.636. The summed E-state index contributed by atoms with van der Waals surface area (Å²) in [5.41, 5.74) is 6.46. The van der Waals surface area contributed by atoms with Gasteiger partial charge in [-0.3, -0.25) is 0 Å². The number of aliphatic hydroxyl groups excluding tert-OH is 1. The van der Waals surface area contributed by atoms with Crippen LogP contribution in [-0.4, -0.2) is 28.2 Å². The minimum absolute atomic E-state index is 0.0492. The first-order chi connectivity index (χ1) is 7.63. The zero-order valence-electron chi connectivity index (χ0n) is 9.53. The largest absolute Gasteiger partial charge is 0.396 e. The summed E-state index contributed by atoms with van der Waals surface area (Å²) in [5, 5.41) is 12.6. The van der Waals surface area contributed by atoms with E-state index in [0.717, 1.165) is 30.9 Å². The van der Waals surface area contributed by atoms with E-state index < -0.39 is 0 Å². The second-order valence-corrected chi connectivity index (χ2v) is 4.62. The van der Waals surface area contributed by atoms with Gasteiger partial charge in [0.25, 0.3) is 0 Å². The van der Waals surface area contributed by atoms with E-state index in [9.17, 15) is 5.11 Å². The summed E-state index contributed by atoms with van der Waals surface area (Å²) in [5.74, 6) is 1.03. The lowest BCUT2D eigenvalue weighted by molar-refractivity contribution is 0.0576. The molecule has 0 aliphatic heterocycles. The van der Waals surface area contributed by atoms with Crippen LogP contribution in [0, 0.1) is 12.3 Å². The molecule has 1 aliphatic carbocycles. The van der Waals surface area contributed by atoms with Gasteiger partial charge in [0.15, 0.2) is 0 Å². The van der Waals surface area contributed by atoms with E-state index in [1.165, 1.54) is 6.42 Å². The molecule has 0 aromatic carbocycles.